The number of alkyl halides is 2. The van der Waals surface area contributed by atoms with Crippen molar-refractivity contribution in [3.05, 3.63) is 71.0 Å². The highest BCUT2D eigenvalue weighted by Gasteiger charge is 2.42. The molecule has 1 aliphatic carbocycles. The van der Waals surface area contributed by atoms with Crippen molar-refractivity contribution >= 4 is 0 Å². The van der Waals surface area contributed by atoms with Crippen molar-refractivity contribution in [1.82, 2.24) is 0 Å². The van der Waals surface area contributed by atoms with Crippen molar-refractivity contribution in [3.8, 4) is 11.5 Å². The molecule has 0 spiro atoms. The van der Waals surface area contributed by atoms with Gasteiger partial charge in [-0.25, -0.2) is 17.6 Å². The molecule has 0 bridgehead atoms. The number of hydrogen-bond acceptors (Lipinski definition) is 2. The number of hydrogen-bond donors (Lipinski definition) is 0. The Kier molecular flexibility index (Phi) is 9.24. The van der Waals surface area contributed by atoms with Gasteiger partial charge < -0.3 is 9.47 Å². The van der Waals surface area contributed by atoms with Gasteiger partial charge in [0.15, 0.2) is 23.6 Å². The van der Waals surface area contributed by atoms with E-state index in [4.69, 9.17) is 0 Å². The minimum Gasteiger partial charge on any atom is -0.453 e. The van der Waals surface area contributed by atoms with Crippen molar-refractivity contribution in [1.29, 1.82) is 0 Å². The Morgan fingerprint density at radius 1 is 0.889 bits per heavy atom. The van der Waals surface area contributed by atoms with E-state index in [1.807, 2.05) is 0 Å². The van der Waals surface area contributed by atoms with Crippen molar-refractivity contribution in [3.63, 3.8) is 0 Å². The maximum atomic E-state index is 14.7. The standard InChI is InChI=1S/C26H26F8O2/c1-2-3-4-5-15-6-8-16(9-7-15)17-10-19(27)24(20(28)11-17)26(33,34)36-18-12-21(29)25(22(30)13-18)35-14-23(31)32/h10-16H,2-9H2,1H3. The van der Waals surface area contributed by atoms with E-state index < -0.39 is 52.5 Å². The van der Waals surface area contributed by atoms with Crippen LogP contribution in [0.1, 0.15) is 75.3 Å². The van der Waals surface area contributed by atoms with Crippen molar-refractivity contribution in [2.45, 2.75) is 70.3 Å². The molecule has 10 heteroatoms. The van der Waals surface area contributed by atoms with Crippen LogP contribution in [-0.2, 0) is 6.11 Å². The lowest BCUT2D eigenvalue weighted by molar-refractivity contribution is -0.189. The van der Waals surface area contributed by atoms with Gasteiger partial charge in [0.2, 0.25) is 0 Å². The quantitative estimate of drug-likeness (QED) is 0.176. The van der Waals surface area contributed by atoms with Crippen molar-refractivity contribution in [2.24, 2.45) is 5.92 Å². The number of benzene rings is 2. The molecule has 0 unspecified atom stereocenters. The Labute approximate surface area is 203 Å². The van der Waals surface area contributed by atoms with Gasteiger partial charge in [0, 0.05) is 12.1 Å². The van der Waals surface area contributed by atoms with Gasteiger partial charge in [0.25, 0.3) is 0 Å². The highest BCUT2D eigenvalue weighted by Crippen LogP contribution is 2.41. The monoisotopic (exact) mass is 522 g/mol. The smallest absolute Gasteiger partial charge is 0.432 e. The summed E-state index contributed by atoms with van der Waals surface area (Å²) >= 11 is 0. The van der Waals surface area contributed by atoms with Gasteiger partial charge in [-0.15, -0.1) is 0 Å². The number of halogens is 8. The molecule has 1 saturated carbocycles. The lowest BCUT2D eigenvalue weighted by atomic mass is 9.77. The molecule has 2 aromatic rings. The fourth-order valence-corrected chi connectivity index (χ4v) is 4.58. The summed E-state index contributed by atoms with van der Waals surface area (Å²) in [4.78, 5) is 0. The lowest BCUT2D eigenvalue weighted by Gasteiger charge is -2.29. The van der Waals surface area contributed by atoms with E-state index >= 15 is 0 Å². The lowest BCUT2D eigenvalue weighted by Crippen LogP contribution is -2.26. The summed E-state index contributed by atoms with van der Waals surface area (Å²) < 4.78 is 119. The van der Waals surface area contributed by atoms with E-state index in [2.05, 4.69) is 16.4 Å². The molecule has 0 radical (unpaired) electrons. The first kappa shape index (κ1) is 27.8. The second-order valence-corrected chi connectivity index (χ2v) is 8.93. The molecule has 0 aliphatic heterocycles. The van der Waals surface area contributed by atoms with Crippen LogP contribution in [0.2, 0.25) is 0 Å². The summed E-state index contributed by atoms with van der Waals surface area (Å²) in [6.07, 6.45) is 0.407. The molecule has 0 N–H and O–H groups in total. The first-order valence-electron chi connectivity index (χ1n) is 11.7. The maximum absolute atomic E-state index is 14.7. The van der Waals surface area contributed by atoms with Gasteiger partial charge >= 0.3 is 12.2 Å². The van der Waals surface area contributed by atoms with E-state index in [0.29, 0.717) is 18.8 Å². The predicted molar refractivity (Wildman–Crippen MR) is 117 cm³/mol. The van der Waals surface area contributed by atoms with Gasteiger partial charge in [0.1, 0.15) is 22.9 Å². The largest absolute Gasteiger partial charge is 0.453 e. The molecule has 1 aliphatic rings. The van der Waals surface area contributed by atoms with Crippen molar-refractivity contribution in [2.75, 3.05) is 0 Å². The molecule has 198 valence electrons. The van der Waals surface area contributed by atoms with E-state index in [1.165, 1.54) is 0 Å². The molecule has 36 heavy (non-hydrogen) atoms. The van der Waals surface area contributed by atoms with Crippen LogP contribution in [0.5, 0.6) is 11.5 Å². The van der Waals surface area contributed by atoms with Gasteiger partial charge in [0.05, 0.1) is 0 Å². The predicted octanol–water partition coefficient (Wildman–Crippen LogP) is 9.34. The molecule has 0 saturated heterocycles. The molecule has 3 rings (SSSR count). The van der Waals surface area contributed by atoms with Gasteiger partial charge in [-0.1, -0.05) is 32.6 Å². The molecular formula is C26H26F8O2. The fourth-order valence-electron chi connectivity index (χ4n) is 4.58. The zero-order valence-electron chi connectivity index (χ0n) is 19.5. The van der Waals surface area contributed by atoms with Crippen LogP contribution in [0.25, 0.3) is 0 Å². The first-order chi connectivity index (χ1) is 17.0. The highest BCUT2D eigenvalue weighted by atomic mass is 19.3. The normalized spacial score (nSPS) is 18.1. The van der Waals surface area contributed by atoms with Gasteiger partial charge in [-0.05, 0) is 55.2 Å². The number of ether oxygens (including phenoxy) is 2. The summed E-state index contributed by atoms with van der Waals surface area (Å²) in [6, 6.07) is 2.13. The van der Waals surface area contributed by atoms with E-state index in [-0.39, 0.29) is 29.9 Å². The van der Waals surface area contributed by atoms with Crippen LogP contribution in [0.15, 0.2) is 36.6 Å². The molecule has 2 aromatic carbocycles. The van der Waals surface area contributed by atoms with E-state index in [0.717, 1.165) is 50.7 Å². The molecule has 0 aromatic heterocycles. The Morgan fingerprint density at radius 2 is 1.47 bits per heavy atom. The Hall–Kier alpha value is -2.78. The van der Waals surface area contributed by atoms with Crippen LogP contribution < -0.4 is 9.47 Å². The molecule has 1 fully saturated rings. The Morgan fingerprint density at radius 3 is 2.00 bits per heavy atom. The first-order valence-corrected chi connectivity index (χ1v) is 11.7. The number of unbranched alkanes of at least 4 members (excludes halogenated alkanes) is 2. The molecular weight excluding hydrogens is 496 g/mol. The summed E-state index contributed by atoms with van der Waals surface area (Å²) in [6.45, 7) is 2.12. The number of rotatable bonds is 10. The summed E-state index contributed by atoms with van der Waals surface area (Å²) in [5.41, 5.74) is -1.44. The summed E-state index contributed by atoms with van der Waals surface area (Å²) in [5.74, 6) is -8.42. The maximum Gasteiger partial charge on any atom is 0.432 e. The van der Waals surface area contributed by atoms with Crippen LogP contribution >= 0.6 is 0 Å². The molecule has 2 nitrogen and oxygen atoms in total. The second kappa shape index (κ2) is 12.0. The average molecular weight is 522 g/mol. The second-order valence-electron chi connectivity index (χ2n) is 8.93. The third kappa shape index (κ3) is 6.91. The van der Waals surface area contributed by atoms with Gasteiger partial charge in [-0.3, -0.25) is 0 Å². The van der Waals surface area contributed by atoms with Crippen molar-refractivity contribution < 1.29 is 44.6 Å². The zero-order valence-corrected chi connectivity index (χ0v) is 19.5. The van der Waals surface area contributed by atoms with Gasteiger partial charge in [-0.2, -0.15) is 17.6 Å². The van der Waals surface area contributed by atoms with Crippen LogP contribution in [0.3, 0.4) is 0 Å². The van der Waals surface area contributed by atoms with Crippen LogP contribution in [0.4, 0.5) is 35.1 Å². The third-order valence-electron chi connectivity index (χ3n) is 6.37. The molecule has 0 heterocycles. The third-order valence-corrected chi connectivity index (χ3v) is 6.37. The summed E-state index contributed by atoms with van der Waals surface area (Å²) in [7, 11) is 0. The highest BCUT2D eigenvalue weighted by molar-refractivity contribution is 5.37. The summed E-state index contributed by atoms with van der Waals surface area (Å²) in [5, 5.41) is 0. The van der Waals surface area contributed by atoms with Crippen LogP contribution in [0, 0.1) is 29.2 Å². The molecule has 0 atom stereocenters. The zero-order chi connectivity index (χ0) is 26.5. The van der Waals surface area contributed by atoms with Crippen LogP contribution in [-0.4, -0.2) is 0 Å². The minimum atomic E-state index is -4.63. The Bertz CT molecular complexity index is 1030. The minimum absolute atomic E-state index is 0.168. The Balaban J connectivity index is 1.74. The van der Waals surface area contributed by atoms with E-state index in [1.54, 1.807) is 0 Å². The van der Waals surface area contributed by atoms with E-state index in [9.17, 15) is 35.1 Å². The fraction of sp³-hybridized carbons (Fsp3) is 0.462. The molecule has 0 amide bonds. The SMILES string of the molecule is CCCCCC1CCC(c2cc(F)c(C(F)(F)Oc3cc(F)c(OC=C(F)F)c(F)c3)c(F)c2)CC1. The topological polar surface area (TPSA) is 18.5 Å². The average Bonchev–Trinajstić information content (AvgIpc) is 2.78.